The van der Waals surface area contributed by atoms with Gasteiger partial charge in [0.25, 0.3) is 0 Å². The van der Waals surface area contributed by atoms with E-state index in [2.05, 4.69) is 19.6 Å². The van der Waals surface area contributed by atoms with Gasteiger partial charge < -0.3 is 0 Å². The number of benzene rings is 1. The fourth-order valence-electron chi connectivity index (χ4n) is 1.49. The van der Waals surface area contributed by atoms with Gasteiger partial charge in [0.15, 0.2) is 0 Å². The molecule has 2 heteroatoms. The number of allylic oxidation sites excluding steroid dienone is 3. The van der Waals surface area contributed by atoms with E-state index >= 15 is 0 Å². The molecule has 2 N–H and O–H groups in total. The van der Waals surface area contributed by atoms with Gasteiger partial charge in [0, 0.05) is 0 Å². The zero-order valence-corrected chi connectivity index (χ0v) is 10.6. The maximum Gasteiger partial charge on any atom is 0.0575 e. The van der Waals surface area contributed by atoms with Crippen LogP contribution in [0, 0.1) is 0 Å². The molecular formula is C15H20N2. The second kappa shape index (κ2) is 6.71. The van der Waals surface area contributed by atoms with Crippen LogP contribution in [-0.2, 0) is 0 Å². The summed E-state index contributed by atoms with van der Waals surface area (Å²) >= 11 is 0. The number of nitrogens with two attached hydrogens (primary N) is 1. The quantitative estimate of drug-likeness (QED) is 0.472. The number of hydrazine groups is 1. The van der Waals surface area contributed by atoms with Crippen molar-refractivity contribution in [3.05, 3.63) is 66.4 Å². The summed E-state index contributed by atoms with van der Waals surface area (Å²) in [6.45, 7) is 8.12. The number of hydrogen-bond donors (Lipinski definition) is 1. The summed E-state index contributed by atoms with van der Waals surface area (Å²) in [5.74, 6) is 6.05. The van der Waals surface area contributed by atoms with Gasteiger partial charge in [-0.1, -0.05) is 49.9 Å². The highest BCUT2D eigenvalue weighted by molar-refractivity contribution is 5.56. The van der Waals surface area contributed by atoms with Crippen LogP contribution >= 0.6 is 0 Å². The topological polar surface area (TPSA) is 29.3 Å². The minimum absolute atomic E-state index is 0.795. The molecule has 0 radical (unpaired) electrons. The van der Waals surface area contributed by atoms with Crippen molar-refractivity contribution in [3.63, 3.8) is 0 Å². The third kappa shape index (κ3) is 3.61. The van der Waals surface area contributed by atoms with Crippen LogP contribution in [0.25, 0.3) is 0 Å². The average Bonchev–Trinajstić information content (AvgIpc) is 2.39. The highest BCUT2D eigenvalue weighted by Gasteiger charge is 2.07. The summed E-state index contributed by atoms with van der Waals surface area (Å²) in [7, 11) is 0. The van der Waals surface area contributed by atoms with Gasteiger partial charge in [-0.15, -0.1) is 0 Å². The van der Waals surface area contributed by atoms with Crippen LogP contribution in [0.3, 0.4) is 0 Å². The summed E-state index contributed by atoms with van der Waals surface area (Å²) in [4.78, 5) is 0. The number of hydrogen-bond acceptors (Lipinski definition) is 2. The standard InChI is InChI=1S/C15H20N2/c1-4-6-10-14(5-2)13(3)17(16)15-11-8-7-9-12-15/h5-12H,3-4,16H2,1-2H3/b10-6-,14-5+. The van der Waals surface area contributed by atoms with Crippen molar-refractivity contribution < 1.29 is 0 Å². The molecule has 90 valence electrons. The molecule has 0 saturated carbocycles. The van der Waals surface area contributed by atoms with E-state index in [9.17, 15) is 0 Å². The summed E-state index contributed by atoms with van der Waals surface area (Å²) < 4.78 is 0. The van der Waals surface area contributed by atoms with Gasteiger partial charge in [0.2, 0.25) is 0 Å². The number of rotatable bonds is 5. The van der Waals surface area contributed by atoms with Crippen molar-refractivity contribution >= 4 is 5.69 Å². The van der Waals surface area contributed by atoms with Crippen molar-refractivity contribution in [3.8, 4) is 0 Å². The van der Waals surface area contributed by atoms with E-state index < -0.39 is 0 Å². The van der Waals surface area contributed by atoms with Gasteiger partial charge >= 0.3 is 0 Å². The maximum atomic E-state index is 6.05. The minimum Gasteiger partial charge on any atom is -0.280 e. The van der Waals surface area contributed by atoms with E-state index in [0.717, 1.165) is 23.4 Å². The second-order valence-electron chi connectivity index (χ2n) is 3.71. The SMILES string of the molecule is C=C(C(/C=C\CC)=C/C)N(N)c1ccccc1. The Morgan fingerprint density at radius 2 is 2.00 bits per heavy atom. The molecule has 1 aromatic rings. The summed E-state index contributed by atoms with van der Waals surface area (Å²) in [6.07, 6.45) is 7.16. The molecule has 0 bridgehead atoms. The molecule has 0 aliphatic heterocycles. The van der Waals surface area contributed by atoms with Crippen LogP contribution in [0.4, 0.5) is 5.69 Å². The molecule has 1 aromatic carbocycles. The first-order valence-corrected chi connectivity index (χ1v) is 5.82. The molecule has 0 fully saturated rings. The lowest BCUT2D eigenvalue weighted by Gasteiger charge is -2.21. The molecule has 0 amide bonds. The highest BCUT2D eigenvalue weighted by atomic mass is 15.4. The maximum absolute atomic E-state index is 6.05. The Morgan fingerprint density at radius 3 is 2.53 bits per heavy atom. The largest absolute Gasteiger partial charge is 0.280 e. The van der Waals surface area contributed by atoms with E-state index in [4.69, 9.17) is 5.84 Å². The Bertz CT molecular complexity index is 416. The van der Waals surface area contributed by atoms with Crippen LogP contribution in [0.1, 0.15) is 20.3 Å². The van der Waals surface area contributed by atoms with Gasteiger partial charge in [-0.25, -0.2) is 5.84 Å². The highest BCUT2D eigenvalue weighted by Crippen LogP contribution is 2.19. The molecule has 0 aliphatic carbocycles. The van der Waals surface area contributed by atoms with Crippen LogP contribution in [0.2, 0.25) is 0 Å². The molecule has 0 aromatic heterocycles. The molecule has 17 heavy (non-hydrogen) atoms. The number of nitrogens with zero attached hydrogens (tertiary/aromatic N) is 1. The predicted molar refractivity (Wildman–Crippen MR) is 75.4 cm³/mol. The first-order chi connectivity index (χ1) is 8.20. The lowest BCUT2D eigenvalue weighted by atomic mass is 10.1. The van der Waals surface area contributed by atoms with Gasteiger partial charge in [0.05, 0.1) is 11.4 Å². The normalized spacial score (nSPS) is 11.8. The molecule has 1 rings (SSSR count). The van der Waals surface area contributed by atoms with E-state index in [0.29, 0.717) is 0 Å². The van der Waals surface area contributed by atoms with E-state index in [1.165, 1.54) is 0 Å². The van der Waals surface area contributed by atoms with Crippen molar-refractivity contribution in [1.82, 2.24) is 0 Å². The van der Waals surface area contributed by atoms with E-state index in [1.54, 1.807) is 5.01 Å². The second-order valence-corrected chi connectivity index (χ2v) is 3.71. The average molecular weight is 228 g/mol. The van der Waals surface area contributed by atoms with Crippen molar-refractivity contribution in [2.45, 2.75) is 20.3 Å². The smallest absolute Gasteiger partial charge is 0.0575 e. The zero-order valence-electron chi connectivity index (χ0n) is 10.6. The molecular weight excluding hydrogens is 208 g/mol. The Labute approximate surface area is 104 Å². The fraction of sp³-hybridized carbons (Fsp3) is 0.200. The molecule has 0 aliphatic rings. The van der Waals surface area contributed by atoms with Crippen molar-refractivity contribution in [2.24, 2.45) is 5.84 Å². The molecule has 0 atom stereocenters. The summed E-state index contributed by atoms with van der Waals surface area (Å²) in [6, 6.07) is 9.80. The van der Waals surface area contributed by atoms with Crippen molar-refractivity contribution in [2.75, 3.05) is 5.01 Å². The Hall–Kier alpha value is -1.80. The lowest BCUT2D eigenvalue weighted by molar-refractivity contribution is 1.02. The predicted octanol–water partition coefficient (Wildman–Crippen LogP) is 3.79. The molecule has 0 spiro atoms. The van der Waals surface area contributed by atoms with E-state index in [-0.39, 0.29) is 0 Å². The molecule has 0 saturated heterocycles. The number of para-hydroxylation sites is 1. The first-order valence-electron chi connectivity index (χ1n) is 5.82. The van der Waals surface area contributed by atoms with Crippen LogP contribution < -0.4 is 10.9 Å². The van der Waals surface area contributed by atoms with Crippen molar-refractivity contribution in [1.29, 1.82) is 0 Å². The fourth-order valence-corrected chi connectivity index (χ4v) is 1.49. The van der Waals surface area contributed by atoms with Gasteiger partial charge in [0.1, 0.15) is 0 Å². The Balaban J connectivity index is 2.86. The Morgan fingerprint density at radius 1 is 1.35 bits per heavy atom. The Kier molecular flexibility index (Phi) is 5.24. The monoisotopic (exact) mass is 228 g/mol. The van der Waals surface area contributed by atoms with E-state index in [1.807, 2.05) is 49.4 Å². The molecule has 0 unspecified atom stereocenters. The molecule has 0 heterocycles. The van der Waals surface area contributed by atoms with Gasteiger partial charge in [-0.05, 0) is 31.1 Å². The summed E-state index contributed by atoms with van der Waals surface area (Å²) in [5, 5.41) is 1.61. The number of anilines is 1. The van der Waals surface area contributed by atoms with Crippen LogP contribution in [-0.4, -0.2) is 0 Å². The molecule has 2 nitrogen and oxygen atoms in total. The third-order valence-corrected chi connectivity index (χ3v) is 2.50. The van der Waals surface area contributed by atoms with Gasteiger partial charge in [-0.3, -0.25) is 5.01 Å². The van der Waals surface area contributed by atoms with Gasteiger partial charge in [-0.2, -0.15) is 0 Å². The van der Waals surface area contributed by atoms with Crippen LogP contribution in [0.15, 0.2) is 66.4 Å². The lowest BCUT2D eigenvalue weighted by Crippen LogP contribution is -2.30. The third-order valence-electron chi connectivity index (χ3n) is 2.50. The van der Waals surface area contributed by atoms with Crippen LogP contribution in [0.5, 0.6) is 0 Å². The minimum atomic E-state index is 0.795. The first kappa shape index (κ1) is 13.3. The summed E-state index contributed by atoms with van der Waals surface area (Å²) in [5.41, 5.74) is 2.77. The zero-order chi connectivity index (χ0) is 12.7.